The molecule has 0 amide bonds. The fourth-order valence-corrected chi connectivity index (χ4v) is 1.28. The number of allylic oxidation sites excluding steroid dienone is 2. The van der Waals surface area contributed by atoms with Gasteiger partial charge >= 0.3 is 0 Å². The molecule has 2 atom stereocenters. The third kappa shape index (κ3) is 7.64. The molecule has 0 aromatic carbocycles. The van der Waals surface area contributed by atoms with Gasteiger partial charge in [0.15, 0.2) is 0 Å². The predicted octanol–water partition coefficient (Wildman–Crippen LogP) is 3.84. The first kappa shape index (κ1) is 10.7. The maximum absolute atomic E-state index is 3.98. The van der Waals surface area contributed by atoms with E-state index in [4.69, 9.17) is 0 Å². The Labute approximate surface area is 71.7 Å². The Morgan fingerprint density at radius 1 is 1.27 bits per heavy atom. The van der Waals surface area contributed by atoms with Crippen molar-refractivity contribution in [3.05, 3.63) is 19.1 Å². The first-order valence-electron chi connectivity index (χ1n) is 4.64. The molecule has 0 aliphatic heterocycles. The van der Waals surface area contributed by atoms with Crippen molar-refractivity contribution >= 4 is 0 Å². The third-order valence-corrected chi connectivity index (χ3v) is 1.75. The summed E-state index contributed by atoms with van der Waals surface area (Å²) in [5.41, 5.74) is 0. The van der Waals surface area contributed by atoms with E-state index >= 15 is 0 Å². The standard InChI is InChI=1S/C11H21/c1-5-6-7-8-11(4)9-10(2)3/h6-7,10-11H,2,5,8-9H2,1,3-4H3/b7-6+. The van der Waals surface area contributed by atoms with Crippen LogP contribution < -0.4 is 0 Å². The molecule has 0 rings (SSSR count). The summed E-state index contributed by atoms with van der Waals surface area (Å²) in [5.74, 6) is 1.39. The molecule has 0 aliphatic carbocycles. The van der Waals surface area contributed by atoms with Crippen LogP contribution in [0, 0.1) is 18.8 Å². The zero-order chi connectivity index (χ0) is 8.69. The molecule has 0 heteroatoms. The molecular weight excluding hydrogens is 132 g/mol. The molecule has 0 aromatic heterocycles. The van der Waals surface area contributed by atoms with Crippen LogP contribution in [0.25, 0.3) is 0 Å². The molecule has 0 aromatic rings. The van der Waals surface area contributed by atoms with E-state index in [1.165, 1.54) is 12.8 Å². The second kappa shape index (κ2) is 6.45. The Bertz CT molecular complexity index is 101. The molecular formula is C11H21. The highest BCUT2D eigenvalue weighted by Gasteiger charge is 2.01. The molecule has 0 saturated carbocycles. The number of hydrogen-bond acceptors (Lipinski definition) is 0. The largest absolute Gasteiger partial charge is 0.0888 e. The summed E-state index contributed by atoms with van der Waals surface area (Å²) in [4.78, 5) is 0. The van der Waals surface area contributed by atoms with Crippen LogP contribution in [-0.4, -0.2) is 0 Å². The van der Waals surface area contributed by atoms with E-state index in [2.05, 4.69) is 39.8 Å². The lowest BCUT2D eigenvalue weighted by Gasteiger charge is -2.10. The summed E-state index contributed by atoms with van der Waals surface area (Å²) in [6, 6.07) is 0. The minimum Gasteiger partial charge on any atom is -0.0888 e. The lowest BCUT2D eigenvalue weighted by molar-refractivity contribution is 0.469. The van der Waals surface area contributed by atoms with Gasteiger partial charge in [-0.25, -0.2) is 0 Å². The molecule has 0 spiro atoms. The SMILES string of the molecule is [CH2]C(C)CC(C)C/C=C/CC. The second-order valence-electron chi connectivity index (χ2n) is 3.56. The fraction of sp³-hybridized carbons (Fsp3) is 0.727. The van der Waals surface area contributed by atoms with Crippen LogP contribution in [0.1, 0.15) is 40.0 Å². The van der Waals surface area contributed by atoms with Gasteiger partial charge in [0.1, 0.15) is 0 Å². The van der Waals surface area contributed by atoms with Crippen LogP contribution in [0.3, 0.4) is 0 Å². The maximum Gasteiger partial charge on any atom is -0.0325 e. The molecule has 0 aliphatic rings. The van der Waals surface area contributed by atoms with Crippen molar-refractivity contribution in [2.24, 2.45) is 11.8 Å². The van der Waals surface area contributed by atoms with Crippen LogP contribution in [0.4, 0.5) is 0 Å². The molecule has 0 fully saturated rings. The summed E-state index contributed by atoms with van der Waals surface area (Å²) in [7, 11) is 0. The van der Waals surface area contributed by atoms with Crippen LogP contribution in [0.15, 0.2) is 12.2 Å². The Hall–Kier alpha value is -0.260. The van der Waals surface area contributed by atoms with Crippen molar-refractivity contribution in [1.29, 1.82) is 0 Å². The molecule has 0 nitrogen and oxygen atoms in total. The van der Waals surface area contributed by atoms with E-state index in [0.29, 0.717) is 5.92 Å². The monoisotopic (exact) mass is 153 g/mol. The van der Waals surface area contributed by atoms with Crippen LogP contribution in [0.5, 0.6) is 0 Å². The minimum absolute atomic E-state index is 0.597. The van der Waals surface area contributed by atoms with Gasteiger partial charge in [-0.1, -0.05) is 39.8 Å². The van der Waals surface area contributed by atoms with Gasteiger partial charge in [-0.15, -0.1) is 0 Å². The van der Waals surface area contributed by atoms with Crippen LogP contribution in [0.2, 0.25) is 0 Å². The highest BCUT2D eigenvalue weighted by Crippen LogP contribution is 2.14. The minimum atomic E-state index is 0.597. The van der Waals surface area contributed by atoms with Gasteiger partial charge in [-0.05, 0) is 31.1 Å². The third-order valence-electron chi connectivity index (χ3n) is 1.75. The molecule has 0 bridgehead atoms. The van der Waals surface area contributed by atoms with E-state index in [-0.39, 0.29) is 0 Å². The lowest BCUT2D eigenvalue weighted by atomic mass is 9.96. The summed E-state index contributed by atoms with van der Waals surface area (Å²) in [6.07, 6.45) is 8.14. The van der Waals surface area contributed by atoms with Gasteiger partial charge in [0.25, 0.3) is 0 Å². The molecule has 0 heterocycles. The van der Waals surface area contributed by atoms with E-state index in [1.54, 1.807) is 0 Å². The van der Waals surface area contributed by atoms with E-state index in [1.807, 2.05) is 0 Å². The van der Waals surface area contributed by atoms with Crippen molar-refractivity contribution in [1.82, 2.24) is 0 Å². The Morgan fingerprint density at radius 2 is 1.91 bits per heavy atom. The van der Waals surface area contributed by atoms with E-state index in [0.717, 1.165) is 12.3 Å². The highest BCUT2D eigenvalue weighted by molar-refractivity contribution is 4.82. The first-order chi connectivity index (χ1) is 5.16. The number of rotatable bonds is 5. The van der Waals surface area contributed by atoms with Gasteiger partial charge in [0.05, 0.1) is 0 Å². The summed E-state index contributed by atoms with van der Waals surface area (Å²) < 4.78 is 0. The van der Waals surface area contributed by atoms with Crippen molar-refractivity contribution in [3.63, 3.8) is 0 Å². The molecule has 11 heavy (non-hydrogen) atoms. The average molecular weight is 153 g/mol. The molecule has 0 N–H and O–H groups in total. The summed E-state index contributed by atoms with van der Waals surface area (Å²) in [6.45, 7) is 10.6. The van der Waals surface area contributed by atoms with Crippen molar-refractivity contribution in [3.8, 4) is 0 Å². The summed E-state index contributed by atoms with van der Waals surface area (Å²) in [5, 5.41) is 0. The smallest absolute Gasteiger partial charge is 0.0325 e. The second-order valence-corrected chi connectivity index (χ2v) is 3.56. The molecule has 0 saturated heterocycles. The Balaban J connectivity index is 3.36. The lowest BCUT2D eigenvalue weighted by Crippen LogP contribution is -1.98. The predicted molar refractivity (Wildman–Crippen MR) is 52.4 cm³/mol. The van der Waals surface area contributed by atoms with Gasteiger partial charge in [-0.2, -0.15) is 0 Å². The molecule has 2 unspecified atom stereocenters. The van der Waals surface area contributed by atoms with Gasteiger partial charge in [0, 0.05) is 0 Å². The first-order valence-corrected chi connectivity index (χ1v) is 4.64. The normalized spacial score (nSPS) is 14.6. The van der Waals surface area contributed by atoms with Gasteiger partial charge in [0.2, 0.25) is 0 Å². The Morgan fingerprint density at radius 3 is 2.36 bits per heavy atom. The van der Waals surface area contributed by atoms with Crippen LogP contribution >= 0.6 is 0 Å². The topological polar surface area (TPSA) is 0 Å². The van der Waals surface area contributed by atoms with Gasteiger partial charge in [-0.3, -0.25) is 0 Å². The van der Waals surface area contributed by atoms with Crippen molar-refractivity contribution < 1.29 is 0 Å². The highest BCUT2D eigenvalue weighted by atomic mass is 14.1. The zero-order valence-corrected chi connectivity index (χ0v) is 8.14. The maximum atomic E-state index is 3.98. The van der Waals surface area contributed by atoms with Crippen LogP contribution in [-0.2, 0) is 0 Å². The van der Waals surface area contributed by atoms with Gasteiger partial charge < -0.3 is 0 Å². The fourth-order valence-electron chi connectivity index (χ4n) is 1.28. The van der Waals surface area contributed by atoms with Crippen molar-refractivity contribution in [2.75, 3.05) is 0 Å². The quantitative estimate of drug-likeness (QED) is 0.526. The van der Waals surface area contributed by atoms with Crippen molar-refractivity contribution in [2.45, 2.75) is 40.0 Å². The Kier molecular flexibility index (Phi) is 6.30. The zero-order valence-electron chi connectivity index (χ0n) is 8.14. The molecule has 1 radical (unpaired) electrons. The molecule has 65 valence electrons. The number of hydrogen-bond donors (Lipinski definition) is 0. The van der Waals surface area contributed by atoms with E-state index < -0.39 is 0 Å². The van der Waals surface area contributed by atoms with E-state index in [9.17, 15) is 0 Å². The average Bonchev–Trinajstić information content (AvgIpc) is 1.86. The summed E-state index contributed by atoms with van der Waals surface area (Å²) >= 11 is 0.